The molecule has 26 heavy (non-hydrogen) atoms. The summed E-state index contributed by atoms with van der Waals surface area (Å²) in [6.45, 7) is 4.98. The van der Waals surface area contributed by atoms with Gasteiger partial charge in [-0.25, -0.2) is 4.79 Å². The molecule has 11 heteroatoms. The van der Waals surface area contributed by atoms with Crippen molar-refractivity contribution in [2.24, 2.45) is 0 Å². The number of hydrogen-bond acceptors (Lipinski definition) is 7. The first kappa shape index (κ1) is 31.9. The van der Waals surface area contributed by atoms with Crippen LogP contribution in [-0.2, 0) is 14.4 Å². The van der Waals surface area contributed by atoms with Crippen LogP contribution in [0.2, 0.25) is 0 Å². The molecule has 0 spiro atoms. The Labute approximate surface area is 153 Å². The highest BCUT2D eigenvalue weighted by Crippen LogP contribution is 2.15. The lowest BCUT2D eigenvalue weighted by molar-refractivity contribution is -0.870. The summed E-state index contributed by atoms with van der Waals surface area (Å²) < 4.78 is 0.844. The van der Waals surface area contributed by atoms with Crippen LogP contribution in [0.5, 0.6) is 0 Å². The molecule has 0 aliphatic carbocycles. The van der Waals surface area contributed by atoms with E-state index in [1.807, 2.05) is 0 Å². The average Bonchev–Trinajstić information content (AvgIpc) is 2.37. The second-order valence-corrected chi connectivity index (χ2v) is 5.85. The third kappa shape index (κ3) is 30.1. The fourth-order valence-electron chi connectivity index (χ4n) is 1.01. The van der Waals surface area contributed by atoms with Crippen LogP contribution in [0, 0.1) is 0 Å². The molecule has 0 radical (unpaired) electrons. The maximum Gasteiger partial charge on any atom is 0.336 e. The summed E-state index contributed by atoms with van der Waals surface area (Å²) in [6, 6.07) is 0. The Morgan fingerprint density at radius 3 is 1.15 bits per heavy atom. The minimum atomic E-state index is -2.74. The number of hydrogen-bond donors (Lipinski definition) is 7. The topological polar surface area (TPSA) is 193 Å². The van der Waals surface area contributed by atoms with Crippen molar-refractivity contribution in [2.45, 2.75) is 32.3 Å². The number of carbonyl (C=O) groups is 3. The number of aliphatic carboxylic acids is 3. The van der Waals surface area contributed by atoms with Gasteiger partial charge in [0.2, 0.25) is 0 Å². The minimum Gasteiger partial charge on any atom is -0.481 e. The van der Waals surface area contributed by atoms with E-state index in [1.54, 1.807) is 13.8 Å². The van der Waals surface area contributed by atoms with Gasteiger partial charge in [0.05, 0.1) is 40.6 Å². The first-order valence-electron chi connectivity index (χ1n) is 7.69. The van der Waals surface area contributed by atoms with Crippen LogP contribution in [0.3, 0.4) is 0 Å². The van der Waals surface area contributed by atoms with Crippen molar-refractivity contribution >= 4 is 17.9 Å². The average molecular weight is 388 g/mol. The van der Waals surface area contributed by atoms with E-state index in [4.69, 9.17) is 35.7 Å². The summed E-state index contributed by atoms with van der Waals surface area (Å²) in [7, 11) is 6.16. The van der Waals surface area contributed by atoms with Crippen molar-refractivity contribution in [2.75, 3.05) is 47.5 Å². The fraction of sp³-hybridized carbons (Fsp3) is 0.800. The largest absolute Gasteiger partial charge is 0.481 e. The normalized spacial score (nSPS) is 10.0. The van der Waals surface area contributed by atoms with Crippen molar-refractivity contribution in [3.8, 4) is 0 Å². The molecule has 0 amide bonds. The first-order chi connectivity index (χ1) is 11.7. The maximum absolute atomic E-state index is 10.3. The monoisotopic (exact) mass is 388 g/mol. The zero-order valence-corrected chi connectivity index (χ0v) is 16.0. The standard InChI is InChI=1S/C6H8O7.C5H14NO.2C2H6O/c7-3(8)1-6(13,5(11)12)2-4(9)10;1-6(2,3)4-5-7;2*1-2-3/h13H,1-2H2,(H,7,8)(H,9,10)(H,11,12);7H,4-5H2,1-3H3;2*3H,2H2,1H3/q;+1;;. The molecule has 0 aromatic carbocycles. The number of quaternary nitrogens is 1. The van der Waals surface area contributed by atoms with Gasteiger partial charge in [0.25, 0.3) is 0 Å². The quantitative estimate of drug-likeness (QED) is 0.251. The van der Waals surface area contributed by atoms with Gasteiger partial charge >= 0.3 is 17.9 Å². The summed E-state index contributed by atoms with van der Waals surface area (Å²) in [6.07, 6.45) is -2.29. The number of rotatable bonds is 7. The number of likely N-dealkylation sites (N-methyl/N-ethyl adjacent to an activating group) is 1. The summed E-state index contributed by atoms with van der Waals surface area (Å²) in [5.41, 5.74) is -2.74. The molecular formula is C15H34NO10+. The molecule has 0 aromatic heterocycles. The first-order valence-corrected chi connectivity index (χ1v) is 7.69. The number of carboxylic acids is 3. The van der Waals surface area contributed by atoms with Gasteiger partial charge in [0.15, 0.2) is 5.60 Å². The second-order valence-electron chi connectivity index (χ2n) is 5.85. The Bertz CT molecular complexity index is 361. The van der Waals surface area contributed by atoms with Gasteiger partial charge in [0, 0.05) is 13.2 Å². The molecule has 0 atom stereocenters. The number of nitrogens with zero attached hydrogens (tertiary/aromatic N) is 1. The lowest BCUT2D eigenvalue weighted by Gasteiger charge is -2.21. The van der Waals surface area contributed by atoms with Crippen LogP contribution in [0.4, 0.5) is 0 Å². The van der Waals surface area contributed by atoms with E-state index in [9.17, 15) is 14.4 Å². The molecule has 0 aliphatic rings. The lowest BCUT2D eigenvalue weighted by atomic mass is 9.96. The maximum atomic E-state index is 10.3. The predicted molar refractivity (Wildman–Crippen MR) is 92.6 cm³/mol. The Morgan fingerprint density at radius 2 is 1.08 bits per heavy atom. The third-order valence-electron chi connectivity index (χ3n) is 2.06. The van der Waals surface area contributed by atoms with Gasteiger partial charge in [-0.05, 0) is 13.8 Å². The predicted octanol–water partition coefficient (Wildman–Crippen LogP) is -1.57. The van der Waals surface area contributed by atoms with Crippen LogP contribution < -0.4 is 0 Å². The van der Waals surface area contributed by atoms with E-state index >= 15 is 0 Å². The molecule has 0 fully saturated rings. The molecular weight excluding hydrogens is 354 g/mol. The molecule has 0 saturated carbocycles. The van der Waals surface area contributed by atoms with Gasteiger partial charge < -0.3 is 40.2 Å². The van der Waals surface area contributed by atoms with Gasteiger partial charge in [-0.15, -0.1) is 0 Å². The lowest BCUT2D eigenvalue weighted by Crippen LogP contribution is -2.42. The van der Waals surface area contributed by atoms with Crippen LogP contribution in [-0.4, -0.2) is 111 Å². The second kappa shape index (κ2) is 18.0. The van der Waals surface area contributed by atoms with Crippen molar-refractivity contribution < 1.29 is 54.6 Å². The highest BCUT2D eigenvalue weighted by Gasteiger charge is 2.40. The summed E-state index contributed by atoms with van der Waals surface area (Å²) in [4.78, 5) is 30.5. The molecule has 0 rings (SSSR count). The van der Waals surface area contributed by atoms with Crippen molar-refractivity contribution in [1.29, 1.82) is 0 Å². The molecule has 11 nitrogen and oxygen atoms in total. The Balaban J connectivity index is -0.000000155. The van der Waals surface area contributed by atoms with Crippen molar-refractivity contribution in [3.05, 3.63) is 0 Å². The van der Waals surface area contributed by atoms with E-state index < -0.39 is 36.4 Å². The summed E-state index contributed by atoms with van der Waals surface area (Å²) in [5, 5.41) is 57.3. The molecule has 158 valence electrons. The van der Waals surface area contributed by atoms with Crippen LogP contribution in [0.15, 0.2) is 0 Å². The van der Waals surface area contributed by atoms with Gasteiger partial charge in [-0.1, -0.05) is 0 Å². The number of aliphatic hydroxyl groups is 4. The summed E-state index contributed by atoms with van der Waals surface area (Å²) in [5.74, 6) is -5.02. The molecule has 7 N–H and O–H groups in total. The third-order valence-corrected chi connectivity index (χ3v) is 2.06. The van der Waals surface area contributed by atoms with Crippen LogP contribution >= 0.6 is 0 Å². The highest BCUT2D eigenvalue weighted by atomic mass is 16.4. The minimum absolute atomic E-state index is 0.250. The van der Waals surface area contributed by atoms with E-state index in [-0.39, 0.29) is 19.8 Å². The SMILES string of the molecule is CCO.CCO.C[N+](C)(C)CCO.O=C(O)CC(O)(CC(=O)O)C(=O)O. The van der Waals surface area contributed by atoms with Crippen molar-refractivity contribution in [3.63, 3.8) is 0 Å². The van der Waals surface area contributed by atoms with Gasteiger partial charge in [-0.3, -0.25) is 9.59 Å². The van der Waals surface area contributed by atoms with Gasteiger partial charge in [-0.2, -0.15) is 0 Å². The molecule has 0 bridgehead atoms. The Hall–Kier alpha value is -1.79. The summed E-state index contributed by atoms with van der Waals surface area (Å²) >= 11 is 0. The molecule has 0 heterocycles. The smallest absolute Gasteiger partial charge is 0.336 e. The fourth-order valence-corrected chi connectivity index (χ4v) is 1.01. The van der Waals surface area contributed by atoms with Crippen molar-refractivity contribution in [1.82, 2.24) is 0 Å². The zero-order valence-electron chi connectivity index (χ0n) is 16.0. The number of aliphatic hydroxyl groups excluding tert-OH is 3. The van der Waals surface area contributed by atoms with E-state index in [1.165, 1.54) is 0 Å². The molecule has 0 saturated heterocycles. The Morgan fingerprint density at radius 1 is 0.808 bits per heavy atom. The Kier molecular flexibility index (Phi) is 22.1. The van der Waals surface area contributed by atoms with Crippen LogP contribution in [0.1, 0.15) is 26.7 Å². The van der Waals surface area contributed by atoms with E-state index in [2.05, 4.69) is 21.1 Å². The molecule has 0 aliphatic heterocycles. The van der Waals surface area contributed by atoms with Crippen LogP contribution in [0.25, 0.3) is 0 Å². The highest BCUT2D eigenvalue weighted by molar-refractivity contribution is 5.88. The molecule has 0 aromatic rings. The van der Waals surface area contributed by atoms with E-state index in [0.29, 0.717) is 0 Å². The zero-order chi connectivity index (χ0) is 22.0. The molecule has 0 unspecified atom stereocenters. The van der Waals surface area contributed by atoms with E-state index in [0.717, 1.165) is 11.0 Å². The van der Waals surface area contributed by atoms with Gasteiger partial charge in [0.1, 0.15) is 6.54 Å². The number of carboxylic acid groups (broad SMARTS) is 3.